The van der Waals surface area contributed by atoms with Gasteiger partial charge in [-0.15, -0.1) is 0 Å². The number of halogens is 1. The Labute approximate surface area is 107 Å². The summed E-state index contributed by atoms with van der Waals surface area (Å²) < 4.78 is 0. The second-order valence-electron chi connectivity index (χ2n) is 4.78. The highest BCUT2D eigenvalue weighted by Crippen LogP contribution is 2.43. The first kappa shape index (κ1) is 12.2. The highest BCUT2D eigenvalue weighted by Gasteiger charge is 2.38. The lowest BCUT2D eigenvalue weighted by atomic mass is 10.1. The molecule has 92 valence electrons. The molecule has 1 fully saturated rings. The molecule has 3 nitrogen and oxygen atoms in total. The van der Waals surface area contributed by atoms with Crippen molar-refractivity contribution in [2.45, 2.75) is 38.3 Å². The lowest BCUT2D eigenvalue weighted by Gasteiger charge is -2.08. The summed E-state index contributed by atoms with van der Waals surface area (Å²) in [5, 5.41) is 3.88. The van der Waals surface area contributed by atoms with Crippen LogP contribution in [-0.2, 0) is 0 Å². The van der Waals surface area contributed by atoms with Gasteiger partial charge in [-0.25, -0.2) is 4.99 Å². The zero-order chi connectivity index (χ0) is 12.4. The first-order chi connectivity index (χ1) is 8.06. The van der Waals surface area contributed by atoms with Crippen molar-refractivity contribution in [1.82, 2.24) is 5.32 Å². The molecule has 0 unspecified atom stereocenters. The first-order valence-corrected chi connectivity index (χ1v) is 6.29. The first-order valence-electron chi connectivity index (χ1n) is 5.91. The number of benzene rings is 1. The van der Waals surface area contributed by atoms with Crippen molar-refractivity contribution in [3.63, 3.8) is 0 Å². The minimum Gasteiger partial charge on any atom is -0.370 e. The number of aliphatic imine (C=N–C) groups is 1. The van der Waals surface area contributed by atoms with Gasteiger partial charge in [0.15, 0.2) is 5.96 Å². The van der Waals surface area contributed by atoms with Gasteiger partial charge in [-0.1, -0.05) is 23.7 Å². The van der Waals surface area contributed by atoms with Crippen molar-refractivity contribution in [2.24, 2.45) is 10.7 Å². The van der Waals surface area contributed by atoms with E-state index in [9.17, 15) is 0 Å². The van der Waals surface area contributed by atoms with Crippen molar-refractivity contribution in [2.75, 3.05) is 0 Å². The number of hydrogen-bond donors (Lipinski definition) is 2. The molecule has 4 heteroatoms. The molecule has 17 heavy (non-hydrogen) atoms. The maximum Gasteiger partial charge on any atom is 0.189 e. The van der Waals surface area contributed by atoms with Crippen LogP contribution in [0.5, 0.6) is 0 Å². The number of nitrogens with zero attached hydrogens (tertiary/aromatic N) is 1. The van der Waals surface area contributed by atoms with Gasteiger partial charge in [0.1, 0.15) is 0 Å². The summed E-state index contributed by atoms with van der Waals surface area (Å²) in [6.45, 7) is 4.09. The van der Waals surface area contributed by atoms with Crippen LogP contribution in [0.15, 0.2) is 29.3 Å². The predicted molar refractivity (Wildman–Crippen MR) is 72.5 cm³/mol. The Bertz CT molecular complexity index is 428. The topological polar surface area (TPSA) is 50.4 Å². The van der Waals surface area contributed by atoms with Crippen molar-refractivity contribution >= 4 is 17.6 Å². The van der Waals surface area contributed by atoms with E-state index in [4.69, 9.17) is 17.3 Å². The molecular weight excluding hydrogens is 234 g/mol. The summed E-state index contributed by atoms with van der Waals surface area (Å²) in [6.07, 6.45) is 1.06. The van der Waals surface area contributed by atoms with Crippen LogP contribution >= 0.6 is 11.6 Å². The number of guanidine groups is 1. The normalized spacial score (nSPS) is 23.9. The van der Waals surface area contributed by atoms with Crippen LogP contribution in [-0.4, -0.2) is 18.0 Å². The largest absolute Gasteiger partial charge is 0.370 e. The molecular formula is C13H18ClN3. The molecule has 1 aromatic carbocycles. The monoisotopic (exact) mass is 251 g/mol. The third-order valence-electron chi connectivity index (χ3n) is 2.78. The molecule has 0 heterocycles. The highest BCUT2D eigenvalue weighted by molar-refractivity contribution is 6.30. The van der Waals surface area contributed by atoms with Crippen molar-refractivity contribution in [1.29, 1.82) is 0 Å². The molecule has 0 spiro atoms. The van der Waals surface area contributed by atoms with E-state index in [2.05, 4.69) is 16.4 Å². The molecule has 0 saturated heterocycles. The molecule has 0 amide bonds. The Kier molecular flexibility index (Phi) is 3.57. The lowest BCUT2D eigenvalue weighted by molar-refractivity contribution is 0.722. The van der Waals surface area contributed by atoms with Crippen LogP contribution in [0.2, 0.25) is 5.02 Å². The van der Waals surface area contributed by atoms with Crippen LogP contribution in [0.1, 0.15) is 31.7 Å². The molecule has 1 aliphatic rings. The molecule has 0 radical (unpaired) electrons. The third-order valence-corrected chi connectivity index (χ3v) is 3.01. The molecule has 0 bridgehead atoms. The average molecular weight is 252 g/mol. The Morgan fingerprint density at radius 3 is 2.94 bits per heavy atom. The van der Waals surface area contributed by atoms with E-state index in [1.807, 2.05) is 32.0 Å². The summed E-state index contributed by atoms with van der Waals surface area (Å²) in [5.74, 6) is 1.01. The van der Waals surface area contributed by atoms with Crippen molar-refractivity contribution in [3.05, 3.63) is 34.9 Å². The van der Waals surface area contributed by atoms with Gasteiger partial charge in [-0.3, -0.25) is 0 Å². The Morgan fingerprint density at radius 1 is 1.53 bits per heavy atom. The van der Waals surface area contributed by atoms with Gasteiger partial charge in [0, 0.05) is 17.0 Å². The molecule has 0 aliphatic heterocycles. The van der Waals surface area contributed by atoms with Gasteiger partial charge in [0.25, 0.3) is 0 Å². The van der Waals surface area contributed by atoms with E-state index >= 15 is 0 Å². The van der Waals surface area contributed by atoms with Crippen molar-refractivity contribution < 1.29 is 0 Å². The van der Waals surface area contributed by atoms with E-state index in [0.717, 1.165) is 11.4 Å². The van der Waals surface area contributed by atoms with Crippen molar-refractivity contribution in [3.8, 4) is 0 Å². The van der Waals surface area contributed by atoms with E-state index in [1.54, 1.807) is 0 Å². The second-order valence-corrected chi connectivity index (χ2v) is 5.21. The fourth-order valence-corrected chi connectivity index (χ4v) is 2.13. The molecule has 2 atom stereocenters. The Morgan fingerprint density at radius 2 is 2.29 bits per heavy atom. The van der Waals surface area contributed by atoms with Gasteiger partial charge in [-0.05, 0) is 38.0 Å². The molecule has 0 aromatic heterocycles. The van der Waals surface area contributed by atoms with Gasteiger partial charge in [-0.2, -0.15) is 0 Å². The van der Waals surface area contributed by atoms with Crippen LogP contribution in [0.25, 0.3) is 0 Å². The SMILES string of the molecule is CC(C)NC(N)=N[C@@H]1C[C@H]1c1cccc(Cl)c1. The third kappa shape index (κ3) is 3.37. The summed E-state index contributed by atoms with van der Waals surface area (Å²) in [6, 6.07) is 8.60. The Hall–Kier alpha value is -1.22. The molecule has 3 N–H and O–H groups in total. The molecule has 2 rings (SSSR count). The highest BCUT2D eigenvalue weighted by atomic mass is 35.5. The van der Waals surface area contributed by atoms with Gasteiger partial charge in [0.2, 0.25) is 0 Å². The lowest BCUT2D eigenvalue weighted by Crippen LogP contribution is -2.37. The minimum atomic E-state index is 0.305. The summed E-state index contributed by atoms with van der Waals surface area (Å²) >= 11 is 5.97. The Balaban J connectivity index is 1.97. The molecule has 1 saturated carbocycles. The van der Waals surface area contributed by atoms with E-state index in [-0.39, 0.29) is 0 Å². The summed E-state index contributed by atoms with van der Waals surface area (Å²) in [7, 11) is 0. The number of rotatable bonds is 3. The number of hydrogen-bond acceptors (Lipinski definition) is 1. The quantitative estimate of drug-likeness (QED) is 0.641. The predicted octanol–water partition coefficient (Wildman–Crippen LogP) is 2.51. The maximum atomic E-state index is 5.97. The van der Waals surface area contributed by atoms with Crippen LogP contribution in [0.3, 0.4) is 0 Å². The average Bonchev–Trinajstić information content (AvgIpc) is 2.95. The van der Waals surface area contributed by atoms with Crippen LogP contribution in [0, 0.1) is 0 Å². The zero-order valence-electron chi connectivity index (χ0n) is 10.2. The van der Waals surface area contributed by atoms with Gasteiger partial charge < -0.3 is 11.1 Å². The zero-order valence-corrected chi connectivity index (χ0v) is 10.9. The fourth-order valence-electron chi connectivity index (χ4n) is 1.93. The van der Waals surface area contributed by atoms with Crippen LogP contribution in [0.4, 0.5) is 0 Å². The summed E-state index contributed by atoms with van der Waals surface area (Å²) in [5.41, 5.74) is 7.05. The number of nitrogens with two attached hydrogens (primary N) is 1. The van der Waals surface area contributed by atoms with E-state index in [1.165, 1.54) is 5.56 Å². The van der Waals surface area contributed by atoms with Crippen LogP contribution < -0.4 is 11.1 Å². The van der Waals surface area contributed by atoms with E-state index < -0.39 is 0 Å². The molecule has 1 aliphatic carbocycles. The second kappa shape index (κ2) is 4.96. The molecule has 1 aromatic rings. The summed E-state index contributed by atoms with van der Waals surface area (Å²) in [4.78, 5) is 4.46. The van der Waals surface area contributed by atoms with Gasteiger partial charge >= 0.3 is 0 Å². The number of nitrogens with one attached hydrogen (secondary N) is 1. The minimum absolute atomic E-state index is 0.305. The van der Waals surface area contributed by atoms with Gasteiger partial charge in [0.05, 0.1) is 6.04 Å². The smallest absolute Gasteiger partial charge is 0.189 e. The maximum absolute atomic E-state index is 5.97. The standard InChI is InChI=1S/C13H18ClN3/c1-8(2)16-13(15)17-12-7-11(12)9-4-3-5-10(14)6-9/h3-6,8,11-12H,7H2,1-2H3,(H3,15,16,17)/t11-,12+/m0/s1. The fraction of sp³-hybridized carbons (Fsp3) is 0.462. The van der Waals surface area contributed by atoms with E-state index in [0.29, 0.717) is 24.0 Å².